The molecule has 0 radical (unpaired) electrons. The number of hydrogen-bond acceptors (Lipinski definition) is 5. The molecule has 1 aliphatic rings. The number of anilines is 1. The molecular formula is C18H18F3IN2O4. The predicted octanol–water partition coefficient (Wildman–Crippen LogP) is 3.21. The number of carbonyl (C=O) groups is 1. The molecule has 1 heterocycles. The average molecular weight is 510 g/mol. The molecule has 10 heteroatoms. The van der Waals surface area contributed by atoms with Gasteiger partial charge in [-0.3, -0.25) is 9.63 Å². The van der Waals surface area contributed by atoms with E-state index in [0.717, 1.165) is 6.07 Å². The molecule has 0 unspecified atom stereocenters. The Kier molecular flexibility index (Phi) is 8.83. The monoisotopic (exact) mass is 510 g/mol. The van der Waals surface area contributed by atoms with Crippen molar-refractivity contribution in [3.63, 3.8) is 0 Å². The van der Waals surface area contributed by atoms with Crippen molar-refractivity contribution in [2.24, 2.45) is 0 Å². The van der Waals surface area contributed by atoms with Gasteiger partial charge in [0.1, 0.15) is 0 Å². The molecule has 0 fully saturated rings. The molecule has 0 spiro atoms. The van der Waals surface area contributed by atoms with E-state index in [-0.39, 0.29) is 43.3 Å². The minimum atomic E-state index is -1.36. The third kappa shape index (κ3) is 5.74. The van der Waals surface area contributed by atoms with Gasteiger partial charge < -0.3 is 15.2 Å². The number of nitrogens with one attached hydrogen (secondary N) is 2. The molecule has 0 aliphatic carbocycles. The number of aliphatic hydroxyl groups is 1. The second kappa shape index (κ2) is 11.1. The highest BCUT2D eigenvalue weighted by Crippen LogP contribution is 2.29. The lowest BCUT2D eigenvalue weighted by Gasteiger charge is -2.17. The third-order valence-corrected chi connectivity index (χ3v) is 5.04. The molecule has 1 aromatic rings. The molecular weight excluding hydrogens is 492 g/mol. The SMILES string of the molecule is C=CCOCc1cc(C(=O)NOCCO)c(NC2=C(F)C=IC=C2)c(F)c1F. The number of carbonyl (C=O) groups excluding carboxylic acids is 1. The summed E-state index contributed by atoms with van der Waals surface area (Å²) in [5, 5.41) is 11.2. The summed E-state index contributed by atoms with van der Waals surface area (Å²) in [5.74, 6) is -4.11. The van der Waals surface area contributed by atoms with E-state index in [2.05, 4.69) is 11.9 Å². The number of rotatable bonds is 10. The van der Waals surface area contributed by atoms with Crippen molar-refractivity contribution < 1.29 is 32.6 Å². The lowest BCUT2D eigenvalue weighted by atomic mass is 10.1. The minimum absolute atomic E-state index is 0.0924. The van der Waals surface area contributed by atoms with Crippen LogP contribution in [0.4, 0.5) is 18.9 Å². The van der Waals surface area contributed by atoms with Crippen molar-refractivity contribution >= 4 is 36.3 Å². The second-order valence-electron chi connectivity index (χ2n) is 5.31. The fourth-order valence-corrected chi connectivity index (χ4v) is 3.55. The maximum absolute atomic E-state index is 14.7. The quantitative estimate of drug-likeness (QED) is 0.195. The molecule has 1 aromatic carbocycles. The van der Waals surface area contributed by atoms with Crippen LogP contribution in [0.1, 0.15) is 15.9 Å². The lowest BCUT2D eigenvalue weighted by Crippen LogP contribution is -2.27. The van der Waals surface area contributed by atoms with E-state index in [1.165, 1.54) is 16.2 Å². The van der Waals surface area contributed by atoms with Crippen LogP contribution in [-0.2, 0) is 16.2 Å². The van der Waals surface area contributed by atoms with Crippen molar-refractivity contribution in [1.29, 1.82) is 0 Å². The normalized spacial score (nSPS) is 13.3. The Bertz CT molecular complexity index is 841. The molecule has 2 rings (SSSR count). The van der Waals surface area contributed by atoms with E-state index in [9.17, 15) is 18.0 Å². The Hall–Kier alpha value is -2.02. The van der Waals surface area contributed by atoms with Crippen LogP contribution in [0.2, 0.25) is 0 Å². The van der Waals surface area contributed by atoms with Gasteiger partial charge in [0.25, 0.3) is 5.91 Å². The molecule has 1 aliphatic heterocycles. The zero-order valence-corrected chi connectivity index (χ0v) is 16.8. The summed E-state index contributed by atoms with van der Waals surface area (Å²) in [5.41, 5.74) is 0.857. The van der Waals surface area contributed by atoms with Crippen LogP contribution in [0, 0.1) is 11.6 Å². The second-order valence-corrected chi connectivity index (χ2v) is 7.37. The number of ether oxygens (including phenoxy) is 1. The predicted molar refractivity (Wildman–Crippen MR) is 108 cm³/mol. The number of hydroxylamine groups is 1. The Morgan fingerprint density at radius 2 is 2.11 bits per heavy atom. The van der Waals surface area contributed by atoms with E-state index >= 15 is 0 Å². The van der Waals surface area contributed by atoms with Gasteiger partial charge in [0.2, 0.25) is 0 Å². The van der Waals surface area contributed by atoms with Crippen LogP contribution in [-0.4, -0.2) is 34.8 Å². The van der Waals surface area contributed by atoms with E-state index in [4.69, 9.17) is 14.7 Å². The standard InChI is InChI=1S/C18H18F3IN2O4/c1-2-6-27-10-11-8-12(18(26)24-28-7-5-25)17(16(21)15(11)20)23-14-3-4-22-9-13(14)19/h2-4,8-9,23,25H,1,5-7,10H2,(H,24,26). The maximum atomic E-state index is 14.7. The summed E-state index contributed by atoms with van der Waals surface area (Å²) in [6.07, 6.45) is 2.84. The number of allylic oxidation sites excluding steroid dienone is 2. The number of benzene rings is 1. The lowest BCUT2D eigenvalue weighted by molar-refractivity contribution is 0.0168. The zero-order valence-electron chi connectivity index (χ0n) is 14.6. The van der Waals surface area contributed by atoms with Crippen LogP contribution in [0.25, 0.3) is 0 Å². The van der Waals surface area contributed by atoms with Gasteiger partial charge in [-0.25, -0.2) is 18.7 Å². The first-order valence-corrected chi connectivity index (χ1v) is 10.5. The third-order valence-electron chi connectivity index (χ3n) is 3.36. The molecule has 0 saturated heterocycles. The first-order valence-electron chi connectivity index (χ1n) is 8.00. The van der Waals surface area contributed by atoms with Gasteiger partial charge in [-0.05, 0) is 16.2 Å². The molecule has 3 N–H and O–H groups in total. The van der Waals surface area contributed by atoms with Gasteiger partial charge in [0, 0.05) is 9.58 Å². The maximum Gasteiger partial charge on any atom is 0.277 e. The number of amides is 1. The van der Waals surface area contributed by atoms with Crippen LogP contribution in [0.15, 0.2) is 40.4 Å². The van der Waals surface area contributed by atoms with Crippen LogP contribution in [0.3, 0.4) is 0 Å². The molecule has 0 bridgehead atoms. The van der Waals surface area contributed by atoms with Gasteiger partial charge in [-0.2, -0.15) is 0 Å². The molecule has 0 saturated carbocycles. The molecule has 1 amide bonds. The van der Waals surface area contributed by atoms with Gasteiger partial charge in [-0.15, -0.1) is 6.58 Å². The minimum Gasteiger partial charge on any atom is -0.394 e. The Balaban J connectivity index is 2.43. The van der Waals surface area contributed by atoms with E-state index in [1.54, 1.807) is 4.08 Å². The zero-order chi connectivity index (χ0) is 20.5. The first kappa shape index (κ1) is 22.3. The molecule has 0 atom stereocenters. The summed E-state index contributed by atoms with van der Waals surface area (Å²) in [4.78, 5) is 17.1. The summed E-state index contributed by atoms with van der Waals surface area (Å²) >= 11 is -0.582. The average Bonchev–Trinajstić information content (AvgIpc) is 2.69. The van der Waals surface area contributed by atoms with Crippen molar-refractivity contribution in [3.05, 3.63) is 63.2 Å². The number of hydrogen-bond donors (Lipinski definition) is 3. The Morgan fingerprint density at radius 3 is 2.79 bits per heavy atom. The summed E-state index contributed by atoms with van der Waals surface area (Å²) in [6.45, 7) is 2.70. The van der Waals surface area contributed by atoms with E-state index in [1.807, 2.05) is 5.48 Å². The summed E-state index contributed by atoms with van der Waals surface area (Å²) in [6, 6.07) is 1.09. The van der Waals surface area contributed by atoms with Gasteiger partial charge in [-0.1, -0.05) is 26.8 Å². The summed E-state index contributed by atoms with van der Waals surface area (Å²) < 4.78 is 51.3. The van der Waals surface area contributed by atoms with Crippen LogP contribution >= 0.6 is 20.7 Å². The highest BCUT2D eigenvalue weighted by molar-refractivity contribution is 14.2. The van der Waals surface area contributed by atoms with Gasteiger partial charge in [0.15, 0.2) is 17.5 Å². The van der Waals surface area contributed by atoms with Crippen molar-refractivity contribution in [1.82, 2.24) is 5.48 Å². The Morgan fingerprint density at radius 1 is 1.32 bits per heavy atom. The topological polar surface area (TPSA) is 79.8 Å². The van der Waals surface area contributed by atoms with Crippen LogP contribution < -0.4 is 10.8 Å². The smallest absolute Gasteiger partial charge is 0.277 e. The summed E-state index contributed by atoms with van der Waals surface area (Å²) in [7, 11) is 0. The van der Waals surface area contributed by atoms with Gasteiger partial charge >= 0.3 is 0 Å². The number of aliphatic hydroxyl groups excluding tert-OH is 1. The largest absolute Gasteiger partial charge is 0.394 e. The fourth-order valence-electron chi connectivity index (χ4n) is 2.12. The van der Waals surface area contributed by atoms with Crippen molar-refractivity contribution in [2.45, 2.75) is 6.61 Å². The molecule has 6 nitrogen and oxygen atoms in total. The Labute approximate surface area is 169 Å². The van der Waals surface area contributed by atoms with Crippen molar-refractivity contribution in [3.8, 4) is 0 Å². The highest BCUT2D eigenvalue weighted by Gasteiger charge is 2.24. The highest BCUT2D eigenvalue weighted by atomic mass is 127. The molecule has 28 heavy (non-hydrogen) atoms. The number of halogens is 4. The van der Waals surface area contributed by atoms with Gasteiger partial charge in [0.05, 0.1) is 43.4 Å². The van der Waals surface area contributed by atoms with E-state index < -0.39 is 49.8 Å². The van der Waals surface area contributed by atoms with E-state index in [0.29, 0.717) is 0 Å². The first-order chi connectivity index (χ1) is 13.5. The van der Waals surface area contributed by atoms with Crippen LogP contribution in [0.5, 0.6) is 0 Å². The fraction of sp³-hybridized carbons (Fsp3) is 0.222. The molecule has 0 aromatic heterocycles. The van der Waals surface area contributed by atoms with Crippen molar-refractivity contribution in [2.75, 3.05) is 25.1 Å². The molecule has 152 valence electrons.